The van der Waals surface area contributed by atoms with Gasteiger partial charge in [0.2, 0.25) is 0 Å². The Kier molecular flexibility index (Phi) is 6.71. The smallest absolute Gasteiger partial charge is 0.135 e. The van der Waals surface area contributed by atoms with Gasteiger partial charge >= 0.3 is 0 Å². The van der Waals surface area contributed by atoms with Crippen LogP contribution in [0.4, 0.5) is 11.6 Å². The van der Waals surface area contributed by atoms with Crippen LogP contribution in [0.25, 0.3) is 0 Å². The maximum atomic E-state index is 5.16. The van der Waals surface area contributed by atoms with Crippen LogP contribution in [0.2, 0.25) is 0 Å². The highest BCUT2D eigenvalue weighted by Crippen LogP contribution is 2.23. The minimum atomic E-state index is 0.310. The Bertz CT molecular complexity index is 421. The van der Waals surface area contributed by atoms with Crippen molar-refractivity contribution in [1.82, 2.24) is 9.97 Å². The van der Waals surface area contributed by atoms with Crippen molar-refractivity contribution in [2.24, 2.45) is 5.92 Å². The van der Waals surface area contributed by atoms with E-state index in [-0.39, 0.29) is 0 Å². The number of nitrogens with zero attached hydrogens (tertiary/aromatic N) is 2. The topological polar surface area (TPSA) is 59.1 Å². The molecule has 1 aromatic rings. The molecule has 5 nitrogen and oxygen atoms in total. The van der Waals surface area contributed by atoms with E-state index in [9.17, 15) is 0 Å². The second-order valence-corrected chi connectivity index (χ2v) is 5.53. The molecule has 114 valence electrons. The molecule has 1 aromatic heterocycles. The van der Waals surface area contributed by atoms with Gasteiger partial charge in [-0.25, -0.2) is 9.97 Å². The fourth-order valence-corrected chi connectivity index (χ4v) is 1.92. The minimum absolute atomic E-state index is 0.310. The zero-order valence-electron chi connectivity index (χ0n) is 13.6. The van der Waals surface area contributed by atoms with Gasteiger partial charge in [0.1, 0.15) is 17.5 Å². The Morgan fingerprint density at radius 2 is 1.70 bits per heavy atom. The van der Waals surface area contributed by atoms with Gasteiger partial charge in [0.15, 0.2) is 0 Å². The Morgan fingerprint density at radius 1 is 1.10 bits per heavy atom. The van der Waals surface area contributed by atoms with Crippen molar-refractivity contribution in [3.05, 3.63) is 11.4 Å². The highest BCUT2D eigenvalue weighted by atomic mass is 16.5. The fraction of sp³-hybridized carbons (Fsp3) is 0.733. The van der Waals surface area contributed by atoms with Crippen LogP contribution in [0, 0.1) is 12.8 Å². The number of ether oxygens (including phenoxy) is 1. The highest BCUT2D eigenvalue weighted by Gasteiger charge is 2.13. The molecule has 0 aliphatic carbocycles. The van der Waals surface area contributed by atoms with Crippen molar-refractivity contribution in [3.63, 3.8) is 0 Å². The van der Waals surface area contributed by atoms with Crippen LogP contribution in [0.3, 0.4) is 0 Å². The van der Waals surface area contributed by atoms with Crippen molar-refractivity contribution in [3.8, 4) is 0 Å². The molecule has 1 atom stereocenters. The summed E-state index contributed by atoms with van der Waals surface area (Å²) in [4.78, 5) is 9.24. The van der Waals surface area contributed by atoms with E-state index < -0.39 is 0 Å². The molecule has 0 radical (unpaired) electrons. The first kappa shape index (κ1) is 16.7. The number of anilines is 2. The molecular formula is C15H28N4O. The lowest BCUT2D eigenvalue weighted by Gasteiger charge is -2.17. The van der Waals surface area contributed by atoms with Crippen molar-refractivity contribution in [2.45, 2.75) is 40.5 Å². The molecule has 1 heterocycles. The first-order valence-corrected chi connectivity index (χ1v) is 7.34. The van der Waals surface area contributed by atoms with E-state index in [1.165, 1.54) is 0 Å². The minimum Gasteiger partial charge on any atom is -0.384 e. The van der Waals surface area contributed by atoms with Crippen LogP contribution in [-0.4, -0.2) is 36.8 Å². The van der Waals surface area contributed by atoms with Crippen LogP contribution >= 0.6 is 0 Å². The van der Waals surface area contributed by atoms with E-state index in [1.54, 1.807) is 7.11 Å². The molecule has 0 amide bonds. The summed E-state index contributed by atoms with van der Waals surface area (Å²) in [5.74, 6) is 3.47. The molecule has 0 saturated heterocycles. The Balaban J connectivity index is 2.92. The molecule has 20 heavy (non-hydrogen) atoms. The van der Waals surface area contributed by atoms with E-state index in [0.29, 0.717) is 11.8 Å². The summed E-state index contributed by atoms with van der Waals surface area (Å²) < 4.78 is 5.16. The summed E-state index contributed by atoms with van der Waals surface area (Å²) in [6.07, 6.45) is 0. The van der Waals surface area contributed by atoms with Crippen molar-refractivity contribution < 1.29 is 4.74 Å². The largest absolute Gasteiger partial charge is 0.384 e. The van der Waals surface area contributed by atoms with E-state index in [0.717, 1.165) is 42.7 Å². The van der Waals surface area contributed by atoms with Crippen LogP contribution in [0.15, 0.2) is 0 Å². The zero-order chi connectivity index (χ0) is 15.1. The van der Waals surface area contributed by atoms with Crippen LogP contribution < -0.4 is 10.6 Å². The molecule has 2 N–H and O–H groups in total. The number of rotatable bonds is 8. The van der Waals surface area contributed by atoms with Crippen molar-refractivity contribution in [2.75, 3.05) is 37.4 Å². The highest BCUT2D eigenvalue weighted by molar-refractivity contribution is 5.57. The van der Waals surface area contributed by atoms with Gasteiger partial charge in [-0.1, -0.05) is 20.8 Å². The van der Waals surface area contributed by atoms with E-state index in [1.807, 2.05) is 6.92 Å². The monoisotopic (exact) mass is 280 g/mol. The predicted octanol–water partition coefficient (Wildman–Crippen LogP) is 3.03. The second kappa shape index (κ2) is 8.04. The Labute approximate surface area is 122 Å². The van der Waals surface area contributed by atoms with Gasteiger partial charge in [0, 0.05) is 31.7 Å². The fourth-order valence-electron chi connectivity index (χ4n) is 1.92. The lowest BCUT2D eigenvalue weighted by atomic mass is 10.1. The van der Waals surface area contributed by atoms with Gasteiger partial charge < -0.3 is 15.4 Å². The quantitative estimate of drug-likeness (QED) is 0.766. The molecular weight excluding hydrogens is 252 g/mol. The predicted molar refractivity (Wildman–Crippen MR) is 84.6 cm³/mol. The lowest BCUT2D eigenvalue weighted by Crippen LogP contribution is -2.18. The summed E-state index contributed by atoms with van der Waals surface area (Å²) >= 11 is 0. The summed E-state index contributed by atoms with van der Waals surface area (Å²) in [5.41, 5.74) is 1.07. The molecule has 1 unspecified atom stereocenters. The maximum Gasteiger partial charge on any atom is 0.135 e. The summed E-state index contributed by atoms with van der Waals surface area (Å²) in [5, 5.41) is 6.73. The second-order valence-electron chi connectivity index (χ2n) is 5.53. The zero-order valence-corrected chi connectivity index (χ0v) is 13.6. The molecule has 0 bridgehead atoms. The van der Waals surface area contributed by atoms with E-state index >= 15 is 0 Å². The van der Waals surface area contributed by atoms with Gasteiger partial charge in [-0.05, 0) is 19.8 Å². The average Bonchev–Trinajstić information content (AvgIpc) is 2.40. The van der Waals surface area contributed by atoms with Crippen LogP contribution in [0.5, 0.6) is 0 Å². The number of hydrogen-bond donors (Lipinski definition) is 2. The molecule has 0 aliphatic rings. The van der Waals surface area contributed by atoms with E-state index in [2.05, 4.69) is 48.3 Å². The number of methoxy groups -OCH3 is 1. The molecule has 0 fully saturated rings. The number of nitrogens with one attached hydrogen (secondary N) is 2. The van der Waals surface area contributed by atoms with E-state index in [4.69, 9.17) is 4.74 Å². The van der Waals surface area contributed by atoms with Crippen LogP contribution in [0.1, 0.15) is 45.0 Å². The third kappa shape index (κ3) is 4.63. The Hall–Kier alpha value is -1.36. The maximum absolute atomic E-state index is 5.16. The Morgan fingerprint density at radius 3 is 2.20 bits per heavy atom. The number of aromatic nitrogens is 2. The molecule has 0 saturated carbocycles. The average molecular weight is 280 g/mol. The molecule has 0 spiro atoms. The molecule has 0 aliphatic heterocycles. The summed E-state index contributed by atoms with van der Waals surface area (Å²) in [6, 6.07) is 0. The third-order valence-corrected chi connectivity index (χ3v) is 3.09. The normalized spacial score (nSPS) is 12.6. The van der Waals surface area contributed by atoms with Gasteiger partial charge in [0.25, 0.3) is 0 Å². The van der Waals surface area contributed by atoms with Crippen LogP contribution in [-0.2, 0) is 4.74 Å². The summed E-state index contributed by atoms with van der Waals surface area (Å²) in [7, 11) is 1.73. The van der Waals surface area contributed by atoms with Gasteiger partial charge in [0.05, 0.1) is 6.61 Å². The number of hydrogen-bond acceptors (Lipinski definition) is 5. The van der Waals surface area contributed by atoms with Crippen molar-refractivity contribution >= 4 is 11.6 Å². The molecule has 5 heteroatoms. The first-order chi connectivity index (χ1) is 9.49. The summed E-state index contributed by atoms with van der Waals surface area (Å²) in [6.45, 7) is 12.9. The van der Waals surface area contributed by atoms with Gasteiger partial charge in [-0.3, -0.25) is 0 Å². The first-order valence-electron chi connectivity index (χ1n) is 7.34. The lowest BCUT2D eigenvalue weighted by molar-refractivity contribution is 0.164. The van der Waals surface area contributed by atoms with Gasteiger partial charge in [-0.15, -0.1) is 0 Å². The van der Waals surface area contributed by atoms with Gasteiger partial charge in [-0.2, -0.15) is 0 Å². The molecule has 1 rings (SSSR count). The third-order valence-electron chi connectivity index (χ3n) is 3.09. The SMILES string of the molecule is CCNc1nc(C(C)C)nc(NCC(C)COC)c1C. The standard InChI is InChI=1S/C15H28N4O/c1-7-16-14-12(5)15(17-8-11(4)9-20-6)19-13(18-14)10(2)3/h10-11H,7-9H2,1-6H3,(H2,16,17,18,19). The van der Waals surface area contributed by atoms with Crippen molar-refractivity contribution in [1.29, 1.82) is 0 Å². The molecule has 0 aromatic carbocycles.